The van der Waals surface area contributed by atoms with E-state index in [1.165, 1.54) is 32.1 Å². The van der Waals surface area contributed by atoms with Crippen molar-refractivity contribution < 1.29 is 26.7 Å². The van der Waals surface area contributed by atoms with Gasteiger partial charge >= 0.3 is 6.36 Å². The molecule has 168 valence electrons. The maximum atomic E-state index is 14.0. The van der Waals surface area contributed by atoms with Crippen molar-refractivity contribution in [2.75, 3.05) is 0 Å². The molecule has 30 heavy (non-hydrogen) atoms. The fourth-order valence-corrected chi connectivity index (χ4v) is 5.30. The van der Waals surface area contributed by atoms with Crippen molar-refractivity contribution in [3.63, 3.8) is 0 Å². The van der Waals surface area contributed by atoms with Gasteiger partial charge in [0.25, 0.3) is 0 Å². The van der Waals surface area contributed by atoms with Crippen molar-refractivity contribution in [1.29, 1.82) is 0 Å². The van der Waals surface area contributed by atoms with Crippen LogP contribution in [0, 0.1) is 29.4 Å². The van der Waals surface area contributed by atoms with Crippen LogP contribution in [0.1, 0.15) is 82.6 Å². The predicted octanol–water partition coefficient (Wildman–Crippen LogP) is 8.30. The second-order valence-corrected chi connectivity index (χ2v) is 8.87. The molecule has 2 aliphatic rings. The first-order valence-electron chi connectivity index (χ1n) is 11.2. The monoisotopic (exact) mass is 430 g/mol. The fourth-order valence-electron chi connectivity index (χ4n) is 5.30. The molecule has 0 heterocycles. The van der Waals surface area contributed by atoms with Gasteiger partial charge in [0.05, 0.1) is 0 Å². The second-order valence-electron chi connectivity index (χ2n) is 8.87. The molecule has 0 bridgehead atoms. The molecular weight excluding hydrogens is 399 g/mol. The highest BCUT2D eigenvalue weighted by Gasteiger charge is 2.35. The highest BCUT2D eigenvalue weighted by atomic mass is 19.4. The number of hydrogen-bond donors (Lipinski definition) is 0. The lowest BCUT2D eigenvalue weighted by molar-refractivity contribution is -0.276. The van der Waals surface area contributed by atoms with E-state index in [1.54, 1.807) is 0 Å². The van der Waals surface area contributed by atoms with Gasteiger partial charge in [0.2, 0.25) is 5.75 Å². The Hall–Kier alpha value is -1.59. The summed E-state index contributed by atoms with van der Waals surface area (Å²) in [5, 5.41) is 0. The van der Waals surface area contributed by atoms with Gasteiger partial charge in [-0.05, 0) is 106 Å². The minimum Gasteiger partial charge on any atom is -0.399 e. The topological polar surface area (TPSA) is 9.23 Å². The van der Waals surface area contributed by atoms with Crippen LogP contribution in [0.4, 0.5) is 22.0 Å². The Kier molecular flexibility index (Phi) is 7.81. The molecule has 3 rings (SSSR count). The van der Waals surface area contributed by atoms with Crippen molar-refractivity contribution in [3.8, 4) is 5.75 Å². The predicted molar refractivity (Wildman–Crippen MR) is 107 cm³/mol. The molecule has 0 unspecified atom stereocenters. The third-order valence-corrected chi connectivity index (χ3v) is 6.91. The number of halogens is 5. The van der Waals surface area contributed by atoms with E-state index in [9.17, 15) is 22.0 Å². The third kappa shape index (κ3) is 6.21. The molecule has 0 radical (unpaired) electrons. The SMILES string of the molecule is CC/C=C/C[C@H]1CC[C@H]([C@H]2CC[C@H](c3cc(F)c(OC(F)(F)F)c(F)c3)CC2)CC1. The molecule has 0 spiro atoms. The minimum absolute atomic E-state index is 0.0132. The van der Waals surface area contributed by atoms with E-state index in [2.05, 4.69) is 23.8 Å². The molecule has 1 nitrogen and oxygen atoms in total. The molecular formula is C24H31F5O. The molecule has 0 aromatic heterocycles. The average Bonchev–Trinajstić information content (AvgIpc) is 2.71. The number of allylic oxidation sites excluding steroid dienone is 2. The van der Waals surface area contributed by atoms with E-state index in [1.807, 2.05) is 0 Å². The Morgan fingerprint density at radius 1 is 0.867 bits per heavy atom. The van der Waals surface area contributed by atoms with E-state index in [-0.39, 0.29) is 5.92 Å². The first-order valence-corrected chi connectivity index (χ1v) is 11.2. The van der Waals surface area contributed by atoms with E-state index in [0.29, 0.717) is 11.5 Å². The number of rotatable bonds is 6. The first-order chi connectivity index (χ1) is 14.3. The second kappa shape index (κ2) is 10.1. The van der Waals surface area contributed by atoms with Gasteiger partial charge < -0.3 is 4.74 Å². The lowest BCUT2D eigenvalue weighted by Gasteiger charge is -2.38. The number of hydrogen-bond acceptors (Lipinski definition) is 1. The Labute approximate surface area is 175 Å². The van der Waals surface area contributed by atoms with Crippen LogP contribution < -0.4 is 4.74 Å². The molecule has 2 aliphatic carbocycles. The van der Waals surface area contributed by atoms with E-state index >= 15 is 0 Å². The van der Waals surface area contributed by atoms with Crippen LogP contribution in [0.3, 0.4) is 0 Å². The zero-order valence-corrected chi connectivity index (χ0v) is 17.5. The molecule has 2 saturated carbocycles. The van der Waals surface area contributed by atoms with Gasteiger partial charge in [0.1, 0.15) is 0 Å². The number of alkyl halides is 3. The largest absolute Gasteiger partial charge is 0.573 e. The highest BCUT2D eigenvalue weighted by molar-refractivity contribution is 5.33. The summed E-state index contributed by atoms with van der Waals surface area (Å²) in [6, 6.07) is 2.01. The summed E-state index contributed by atoms with van der Waals surface area (Å²) >= 11 is 0. The van der Waals surface area contributed by atoms with Crippen molar-refractivity contribution in [3.05, 3.63) is 41.5 Å². The van der Waals surface area contributed by atoms with Gasteiger partial charge in [0.15, 0.2) is 11.6 Å². The minimum atomic E-state index is -5.12. The van der Waals surface area contributed by atoms with Crippen LogP contribution in [0.2, 0.25) is 0 Å². The summed E-state index contributed by atoms with van der Waals surface area (Å²) in [4.78, 5) is 0. The maximum absolute atomic E-state index is 14.0. The van der Waals surface area contributed by atoms with E-state index in [0.717, 1.165) is 56.1 Å². The smallest absolute Gasteiger partial charge is 0.399 e. The van der Waals surface area contributed by atoms with Crippen LogP contribution in [-0.4, -0.2) is 6.36 Å². The lowest BCUT2D eigenvalue weighted by atomic mass is 9.68. The molecule has 0 amide bonds. The van der Waals surface area contributed by atoms with Crippen LogP contribution in [0.5, 0.6) is 5.75 Å². The molecule has 0 N–H and O–H groups in total. The summed E-state index contributed by atoms with van der Waals surface area (Å²) in [5.41, 5.74) is 0.435. The van der Waals surface area contributed by atoms with Gasteiger partial charge in [-0.2, -0.15) is 0 Å². The highest BCUT2D eigenvalue weighted by Crippen LogP contribution is 2.45. The molecule has 6 heteroatoms. The van der Waals surface area contributed by atoms with Gasteiger partial charge in [-0.25, -0.2) is 8.78 Å². The molecule has 0 atom stereocenters. The van der Waals surface area contributed by atoms with Crippen molar-refractivity contribution in [2.24, 2.45) is 17.8 Å². The molecule has 0 aliphatic heterocycles. The third-order valence-electron chi connectivity index (χ3n) is 6.91. The first kappa shape index (κ1) is 23.1. The van der Waals surface area contributed by atoms with E-state index in [4.69, 9.17) is 0 Å². The molecule has 2 fully saturated rings. The summed E-state index contributed by atoms with van der Waals surface area (Å²) in [5.74, 6) is -1.79. The van der Waals surface area contributed by atoms with Gasteiger partial charge in [-0.1, -0.05) is 19.1 Å². The van der Waals surface area contributed by atoms with Crippen molar-refractivity contribution in [2.45, 2.75) is 83.4 Å². The van der Waals surface area contributed by atoms with E-state index < -0.39 is 23.7 Å². The fraction of sp³-hybridized carbons (Fsp3) is 0.667. The van der Waals surface area contributed by atoms with Crippen LogP contribution in [0.15, 0.2) is 24.3 Å². The van der Waals surface area contributed by atoms with Crippen molar-refractivity contribution >= 4 is 0 Å². The van der Waals surface area contributed by atoms with Gasteiger partial charge in [0, 0.05) is 0 Å². The van der Waals surface area contributed by atoms with Crippen LogP contribution in [-0.2, 0) is 0 Å². The normalized spacial score (nSPS) is 28.1. The standard InChI is InChI=1S/C24H31F5O/c1-2-3-4-5-16-6-8-17(9-7-16)18-10-12-19(13-11-18)20-14-21(25)23(22(26)15-20)30-24(27,28)29/h3-4,14-19H,2,5-13H2,1H3/b4-3+/t16-,17-,18-,19-. The quantitative estimate of drug-likeness (QED) is 0.326. The van der Waals surface area contributed by atoms with Gasteiger partial charge in [-0.15, -0.1) is 13.2 Å². The Balaban J connectivity index is 1.52. The molecule has 0 saturated heterocycles. The maximum Gasteiger partial charge on any atom is 0.573 e. The summed E-state index contributed by atoms with van der Waals surface area (Å²) < 4.78 is 68.5. The lowest BCUT2D eigenvalue weighted by Crippen LogP contribution is -2.25. The number of ether oxygens (including phenoxy) is 1. The van der Waals surface area contributed by atoms with Crippen molar-refractivity contribution in [1.82, 2.24) is 0 Å². The van der Waals surface area contributed by atoms with Gasteiger partial charge in [-0.3, -0.25) is 0 Å². The molecule has 1 aromatic rings. The number of benzene rings is 1. The van der Waals surface area contributed by atoms with Crippen LogP contribution in [0.25, 0.3) is 0 Å². The Morgan fingerprint density at radius 3 is 1.90 bits per heavy atom. The summed E-state index contributed by atoms with van der Waals surface area (Å²) in [6.45, 7) is 2.15. The average molecular weight is 431 g/mol. The zero-order chi connectivity index (χ0) is 21.7. The Morgan fingerprint density at radius 2 is 1.40 bits per heavy atom. The Bertz CT molecular complexity index is 688. The van der Waals surface area contributed by atoms with Crippen LogP contribution >= 0.6 is 0 Å². The molecule has 1 aromatic carbocycles. The summed E-state index contributed by atoms with van der Waals surface area (Å²) in [6.07, 6.45) is 10.4. The summed E-state index contributed by atoms with van der Waals surface area (Å²) in [7, 11) is 0. The zero-order valence-electron chi connectivity index (χ0n) is 17.5.